The SMILES string of the molecule is CC(C)[C@H](NC(=O)c1ccccc1Cl)C(=O)NCc1ccc(CN2CCCCC2)cc1. The van der Waals surface area contributed by atoms with Crippen molar-refractivity contribution in [2.75, 3.05) is 13.1 Å². The van der Waals surface area contributed by atoms with E-state index in [1.165, 1.54) is 37.9 Å². The lowest BCUT2D eigenvalue weighted by molar-refractivity contribution is -0.124. The van der Waals surface area contributed by atoms with Crippen molar-refractivity contribution in [2.45, 2.75) is 52.2 Å². The van der Waals surface area contributed by atoms with Gasteiger partial charge in [-0.05, 0) is 55.1 Å². The number of halogens is 1. The van der Waals surface area contributed by atoms with Gasteiger partial charge in [0.05, 0.1) is 10.6 Å². The monoisotopic (exact) mass is 441 g/mol. The lowest BCUT2D eigenvalue weighted by Gasteiger charge is -2.26. The first-order valence-electron chi connectivity index (χ1n) is 11.1. The van der Waals surface area contributed by atoms with Crippen LogP contribution in [0, 0.1) is 5.92 Å². The number of piperidine rings is 1. The van der Waals surface area contributed by atoms with Crippen molar-refractivity contribution in [1.29, 1.82) is 0 Å². The average molecular weight is 442 g/mol. The van der Waals surface area contributed by atoms with Crippen molar-refractivity contribution in [3.63, 3.8) is 0 Å². The number of nitrogens with zero attached hydrogens (tertiary/aromatic N) is 1. The van der Waals surface area contributed by atoms with Crippen LogP contribution in [0.1, 0.15) is 54.6 Å². The van der Waals surface area contributed by atoms with Gasteiger partial charge in [-0.25, -0.2) is 0 Å². The first-order chi connectivity index (χ1) is 14.9. The summed E-state index contributed by atoms with van der Waals surface area (Å²) in [6, 6.07) is 14.6. The minimum Gasteiger partial charge on any atom is -0.350 e. The molecular formula is C25H32ClN3O2. The molecule has 0 aromatic heterocycles. The Bertz CT molecular complexity index is 877. The van der Waals surface area contributed by atoms with Gasteiger partial charge in [-0.15, -0.1) is 0 Å². The molecule has 0 aliphatic carbocycles. The van der Waals surface area contributed by atoms with Crippen molar-refractivity contribution in [2.24, 2.45) is 5.92 Å². The van der Waals surface area contributed by atoms with Crippen LogP contribution in [0.25, 0.3) is 0 Å². The molecule has 2 amide bonds. The molecular weight excluding hydrogens is 410 g/mol. The highest BCUT2D eigenvalue weighted by Gasteiger charge is 2.25. The number of benzene rings is 2. The maximum absolute atomic E-state index is 12.8. The number of likely N-dealkylation sites (tertiary alicyclic amines) is 1. The molecule has 1 heterocycles. The summed E-state index contributed by atoms with van der Waals surface area (Å²) >= 11 is 6.11. The Kier molecular flexibility index (Phi) is 8.50. The van der Waals surface area contributed by atoms with Crippen molar-refractivity contribution in [3.05, 3.63) is 70.2 Å². The summed E-state index contributed by atoms with van der Waals surface area (Å²) in [6.07, 6.45) is 3.91. The highest BCUT2D eigenvalue weighted by molar-refractivity contribution is 6.33. The molecule has 1 saturated heterocycles. The maximum atomic E-state index is 12.8. The Morgan fingerprint density at radius 2 is 1.61 bits per heavy atom. The zero-order valence-electron chi connectivity index (χ0n) is 18.4. The summed E-state index contributed by atoms with van der Waals surface area (Å²) in [5.74, 6) is -0.604. The van der Waals surface area contributed by atoms with Crippen LogP contribution < -0.4 is 10.6 Å². The van der Waals surface area contributed by atoms with Crippen LogP contribution in [0.4, 0.5) is 0 Å². The van der Waals surface area contributed by atoms with Gasteiger partial charge in [0.2, 0.25) is 5.91 Å². The number of hydrogen-bond acceptors (Lipinski definition) is 3. The molecule has 166 valence electrons. The third kappa shape index (κ3) is 6.81. The zero-order chi connectivity index (χ0) is 22.2. The third-order valence-corrected chi connectivity index (χ3v) is 6.03. The standard InChI is InChI=1S/C25H32ClN3O2/c1-18(2)23(28-24(30)21-8-4-5-9-22(21)26)25(31)27-16-19-10-12-20(13-11-19)17-29-14-6-3-7-15-29/h4-5,8-13,18,23H,3,6-7,14-17H2,1-2H3,(H,27,31)(H,28,30)/t23-/m0/s1. The molecule has 0 bridgehead atoms. The van der Waals surface area contributed by atoms with Gasteiger partial charge in [-0.2, -0.15) is 0 Å². The van der Waals surface area contributed by atoms with E-state index in [1.807, 2.05) is 13.8 Å². The predicted octanol–water partition coefficient (Wildman–Crippen LogP) is 4.40. The summed E-state index contributed by atoms with van der Waals surface area (Å²) in [5.41, 5.74) is 2.70. The summed E-state index contributed by atoms with van der Waals surface area (Å²) in [7, 11) is 0. The second kappa shape index (κ2) is 11.3. The van der Waals surface area contributed by atoms with E-state index in [4.69, 9.17) is 11.6 Å². The minimum atomic E-state index is -0.637. The zero-order valence-corrected chi connectivity index (χ0v) is 19.1. The highest BCUT2D eigenvalue weighted by Crippen LogP contribution is 2.16. The number of amides is 2. The van der Waals surface area contributed by atoms with Gasteiger partial charge in [0, 0.05) is 13.1 Å². The van der Waals surface area contributed by atoms with E-state index in [2.05, 4.69) is 39.8 Å². The van der Waals surface area contributed by atoms with Crippen LogP contribution in [-0.4, -0.2) is 35.8 Å². The predicted molar refractivity (Wildman–Crippen MR) is 125 cm³/mol. The number of hydrogen-bond donors (Lipinski definition) is 2. The number of rotatable bonds is 8. The van der Waals surface area contributed by atoms with Gasteiger partial charge < -0.3 is 10.6 Å². The summed E-state index contributed by atoms with van der Waals surface area (Å²) < 4.78 is 0. The second-order valence-corrected chi connectivity index (χ2v) is 8.95. The van der Waals surface area contributed by atoms with Crippen LogP contribution >= 0.6 is 11.6 Å². The van der Waals surface area contributed by atoms with Crippen molar-refractivity contribution < 1.29 is 9.59 Å². The number of nitrogens with one attached hydrogen (secondary N) is 2. The molecule has 1 fully saturated rings. The summed E-state index contributed by atoms with van der Waals surface area (Å²) in [6.45, 7) is 7.58. The van der Waals surface area contributed by atoms with Gasteiger partial charge in [-0.1, -0.05) is 68.3 Å². The molecule has 3 rings (SSSR count). The number of carbonyl (C=O) groups excluding carboxylic acids is 2. The molecule has 31 heavy (non-hydrogen) atoms. The Labute approximate surface area is 190 Å². The van der Waals surface area contributed by atoms with Crippen LogP contribution in [0.5, 0.6) is 0 Å². The molecule has 0 radical (unpaired) electrons. The van der Waals surface area contributed by atoms with Crippen molar-refractivity contribution in [1.82, 2.24) is 15.5 Å². The molecule has 0 unspecified atom stereocenters. The topological polar surface area (TPSA) is 61.4 Å². The molecule has 0 spiro atoms. The lowest BCUT2D eigenvalue weighted by atomic mass is 10.0. The van der Waals surface area contributed by atoms with E-state index < -0.39 is 6.04 Å². The fourth-order valence-corrected chi connectivity index (χ4v) is 4.06. The van der Waals surface area contributed by atoms with Gasteiger partial charge in [0.1, 0.15) is 6.04 Å². The molecule has 1 atom stereocenters. The Morgan fingerprint density at radius 3 is 2.26 bits per heavy atom. The third-order valence-electron chi connectivity index (χ3n) is 5.70. The fourth-order valence-electron chi connectivity index (χ4n) is 3.84. The van der Waals surface area contributed by atoms with Crippen LogP contribution in [-0.2, 0) is 17.9 Å². The Balaban J connectivity index is 1.53. The fraction of sp³-hybridized carbons (Fsp3) is 0.440. The summed E-state index contributed by atoms with van der Waals surface area (Å²) in [5, 5.41) is 6.15. The Hall–Kier alpha value is -2.37. The van der Waals surface area contributed by atoms with Gasteiger partial charge in [0.25, 0.3) is 5.91 Å². The largest absolute Gasteiger partial charge is 0.350 e. The van der Waals surface area contributed by atoms with Crippen molar-refractivity contribution in [3.8, 4) is 0 Å². The smallest absolute Gasteiger partial charge is 0.253 e. The van der Waals surface area contributed by atoms with Crippen molar-refractivity contribution >= 4 is 23.4 Å². The molecule has 5 nitrogen and oxygen atoms in total. The van der Waals surface area contributed by atoms with Gasteiger partial charge in [0.15, 0.2) is 0 Å². The Morgan fingerprint density at radius 1 is 0.968 bits per heavy atom. The average Bonchev–Trinajstić information content (AvgIpc) is 2.77. The maximum Gasteiger partial charge on any atom is 0.253 e. The lowest BCUT2D eigenvalue weighted by Crippen LogP contribution is -2.49. The first-order valence-corrected chi connectivity index (χ1v) is 11.4. The molecule has 6 heteroatoms. The number of carbonyl (C=O) groups is 2. The first kappa shape index (κ1) is 23.3. The van der Waals surface area contributed by atoms with E-state index in [0.717, 1.165) is 12.1 Å². The summed E-state index contributed by atoms with van der Waals surface area (Å²) in [4.78, 5) is 27.8. The molecule has 2 aromatic rings. The van der Waals surface area contributed by atoms with Gasteiger partial charge >= 0.3 is 0 Å². The van der Waals surface area contributed by atoms with E-state index in [1.54, 1.807) is 24.3 Å². The van der Waals surface area contributed by atoms with E-state index in [0.29, 0.717) is 17.1 Å². The van der Waals surface area contributed by atoms with Crippen LogP contribution in [0.2, 0.25) is 5.02 Å². The van der Waals surface area contributed by atoms with E-state index in [9.17, 15) is 9.59 Å². The molecule has 2 aromatic carbocycles. The van der Waals surface area contributed by atoms with Gasteiger partial charge in [-0.3, -0.25) is 14.5 Å². The van der Waals surface area contributed by atoms with E-state index in [-0.39, 0.29) is 17.7 Å². The normalized spacial score (nSPS) is 15.5. The molecule has 2 N–H and O–H groups in total. The molecule has 1 aliphatic rings. The quantitative estimate of drug-likeness (QED) is 0.638. The molecule has 1 aliphatic heterocycles. The van der Waals surface area contributed by atoms with Crippen LogP contribution in [0.15, 0.2) is 48.5 Å². The second-order valence-electron chi connectivity index (χ2n) is 8.55. The highest BCUT2D eigenvalue weighted by atomic mass is 35.5. The molecule has 0 saturated carbocycles. The van der Waals surface area contributed by atoms with E-state index >= 15 is 0 Å². The minimum absolute atomic E-state index is 0.0571. The van der Waals surface area contributed by atoms with Crippen LogP contribution in [0.3, 0.4) is 0 Å².